The van der Waals surface area contributed by atoms with E-state index in [0.717, 1.165) is 0 Å². The van der Waals surface area contributed by atoms with Crippen LogP contribution in [0.4, 0.5) is 8.78 Å². The van der Waals surface area contributed by atoms with Gasteiger partial charge in [-0.05, 0) is 27.7 Å². The highest BCUT2D eigenvalue weighted by Gasteiger charge is 2.42. The zero-order chi connectivity index (χ0) is 12.8. The van der Waals surface area contributed by atoms with Crippen LogP contribution >= 0.6 is 0 Å². The van der Waals surface area contributed by atoms with Crippen molar-refractivity contribution >= 4 is 5.97 Å². The van der Waals surface area contributed by atoms with Gasteiger partial charge in [0.05, 0.1) is 25.4 Å². The van der Waals surface area contributed by atoms with Crippen molar-refractivity contribution in [2.45, 2.75) is 39.4 Å². The van der Waals surface area contributed by atoms with Crippen molar-refractivity contribution in [3.05, 3.63) is 0 Å². The summed E-state index contributed by atoms with van der Waals surface area (Å²) in [5, 5.41) is 0. The molecule has 0 radical (unpaired) electrons. The molecule has 0 unspecified atom stereocenters. The van der Waals surface area contributed by atoms with Gasteiger partial charge in [-0.1, -0.05) is 0 Å². The first-order valence-electron chi connectivity index (χ1n) is 5.02. The van der Waals surface area contributed by atoms with Crippen LogP contribution in [0, 0.1) is 0 Å². The van der Waals surface area contributed by atoms with E-state index in [4.69, 9.17) is 4.74 Å². The third kappa shape index (κ3) is 6.68. The van der Waals surface area contributed by atoms with Crippen LogP contribution in [0.15, 0.2) is 0 Å². The Morgan fingerprint density at radius 3 is 2.06 bits per heavy atom. The third-order valence-corrected chi connectivity index (χ3v) is 1.41. The largest absolute Gasteiger partial charge is 0.460 e. The number of esters is 1. The monoisotopic (exact) mass is 240 g/mol. The molecule has 6 heteroatoms. The Morgan fingerprint density at radius 2 is 1.62 bits per heavy atom. The average Bonchev–Trinajstić information content (AvgIpc) is 2.11. The second-order valence-corrected chi connectivity index (χ2v) is 4.05. The van der Waals surface area contributed by atoms with E-state index in [2.05, 4.69) is 9.47 Å². The summed E-state index contributed by atoms with van der Waals surface area (Å²) in [5.74, 6) is -1.68. The first-order chi connectivity index (χ1) is 7.19. The van der Waals surface area contributed by atoms with Gasteiger partial charge in [-0.15, -0.1) is 0 Å². The number of ether oxygens (including phenoxy) is 3. The molecule has 4 nitrogen and oxygen atoms in total. The summed E-state index contributed by atoms with van der Waals surface area (Å²) in [6.45, 7) is 6.30. The fourth-order valence-electron chi connectivity index (χ4n) is 0.792. The molecule has 0 fully saturated rings. The Hall–Kier alpha value is -0.750. The second-order valence-electron chi connectivity index (χ2n) is 4.05. The van der Waals surface area contributed by atoms with Crippen LogP contribution in [0.25, 0.3) is 0 Å². The normalized spacial score (nSPS) is 12.6. The Morgan fingerprint density at radius 1 is 1.12 bits per heavy atom. The van der Waals surface area contributed by atoms with E-state index >= 15 is 0 Å². The lowest BCUT2D eigenvalue weighted by Crippen LogP contribution is -2.35. The van der Waals surface area contributed by atoms with Gasteiger partial charge >= 0.3 is 12.1 Å². The van der Waals surface area contributed by atoms with E-state index in [1.165, 1.54) is 6.92 Å². The second kappa shape index (κ2) is 6.10. The molecule has 0 saturated heterocycles. The molecule has 0 aliphatic heterocycles. The van der Waals surface area contributed by atoms with Gasteiger partial charge in [0, 0.05) is 0 Å². The molecule has 0 N–H and O–H groups in total. The van der Waals surface area contributed by atoms with Gasteiger partial charge in [0.1, 0.15) is 0 Å². The number of alkyl halides is 2. The molecule has 0 aromatic heterocycles. The zero-order valence-electron chi connectivity index (χ0n) is 10.0. The van der Waals surface area contributed by atoms with Gasteiger partial charge in [0.15, 0.2) is 0 Å². The van der Waals surface area contributed by atoms with E-state index in [0.29, 0.717) is 0 Å². The van der Waals surface area contributed by atoms with Crippen molar-refractivity contribution in [1.29, 1.82) is 0 Å². The molecule has 0 aliphatic carbocycles. The zero-order valence-corrected chi connectivity index (χ0v) is 10.0. The van der Waals surface area contributed by atoms with Crippen LogP contribution in [0.3, 0.4) is 0 Å². The number of rotatable bonds is 6. The summed E-state index contributed by atoms with van der Waals surface area (Å²) < 4.78 is 39.2. The summed E-state index contributed by atoms with van der Waals surface area (Å²) in [6.07, 6.45) is -3.91. The Bertz CT molecular complexity index is 223. The van der Waals surface area contributed by atoms with Crippen molar-refractivity contribution in [2.24, 2.45) is 0 Å². The van der Waals surface area contributed by atoms with Crippen LogP contribution in [0.5, 0.6) is 0 Å². The quantitative estimate of drug-likeness (QED) is 0.526. The fourth-order valence-corrected chi connectivity index (χ4v) is 0.792. The minimum Gasteiger partial charge on any atom is -0.460 e. The lowest BCUT2D eigenvalue weighted by atomic mass is 10.2. The maximum absolute atomic E-state index is 12.9. The average molecular weight is 240 g/mol. The maximum atomic E-state index is 12.9. The summed E-state index contributed by atoms with van der Waals surface area (Å²) in [5.41, 5.74) is -0.428. The van der Waals surface area contributed by atoms with E-state index in [1.54, 1.807) is 20.8 Å². The Balaban J connectivity index is 3.87. The molecule has 0 saturated carbocycles. The van der Waals surface area contributed by atoms with Crippen LogP contribution < -0.4 is 0 Å². The van der Waals surface area contributed by atoms with Crippen molar-refractivity contribution in [2.75, 3.05) is 19.8 Å². The lowest BCUT2D eigenvalue weighted by Gasteiger charge is -2.20. The molecule has 16 heavy (non-hydrogen) atoms. The molecule has 0 heterocycles. The van der Waals surface area contributed by atoms with Crippen molar-refractivity contribution < 1.29 is 27.8 Å². The predicted molar refractivity (Wildman–Crippen MR) is 53.2 cm³/mol. The van der Waals surface area contributed by atoms with Gasteiger partial charge < -0.3 is 14.2 Å². The molecule has 0 rings (SSSR count). The third-order valence-electron chi connectivity index (χ3n) is 1.41. The molecule has 96 valence electrons. The van der Waals surface area contributed by atoms with Crippen molar-refractivity contribution in [3.63, 3.8) is 0 Å². The summed E-state index contributed by atoms with van der Waals surface area (Å²) in [4.78, 5) is 10.7. The predicted octanol–water partition coefficient (Wildman–Crippen LogP) is 1.97. The van der Waals surface area contributed by atoms with Crippen LogP contribution in [-0.4, -0.2) is 37.5 Å². The van der Waals surface area contributed by atoms with E-state index in [1.807, 2.05) is 0 Å². The van der Waals surface area contributed by atoms with Crippen molar-refractivity contribution in [3.8, 4) is 0 Å². The number of carbonyl (C=O) groups is 1. The molecule has 0 amide bonds. The van der Waals surface area contributed by atoms with E-state index in [-0.39, 0.29) is 19.8 Å². The smallest absolute Gasteiger partial charge is 0.456 e. The number of hydrogen-bond donors (Lipinski definition) is 0. The molecule has 0 atom stereocenters. The number of halogens is 2. The first kappa shape index (κ1) is 15.2. The van der Waals surface area contributed by atoms with Gasteiger partial charge in [-0.25, -0.2) is 4.79 Å². The molecule has 0 spiro atoms. The topological polar surface area (TPSA) is 44.8 Å². The maximum Gasteiger partial charge on any atom is 0.456 e. The van der Waals surface area contributed by atoms with Gasteiger partial charge in [-0.2, -0.15) is 8.78 Å². The Labute approximate surface area is 93.9 Å². The molecular weight excluding hydrogens is 222 g/mol. The molecule has 0 aromatic rings. The van der Waals surface area contributed by atoms with Gasteiger partial charge in [-0.3, -0.25) is 0 Å². The highest BCUT2D eigenvalue weighted by molar-refractivity contribution is 5.75. The van der Waals surface area contributed by atoms with Crippen LogP contribution in [-0.2, 0) is 19.0 Å². The van der Waals surface area contributed by atoms with E-state index < -0.39 is 17.7 Å². The summed E-state index contributed by atoms with van der Waals surface area (Å²) in [7, 11) is 0. The minimum absolute atomic E-state index is 0.0154. The SMILES string of the molecule is CCOC(=O)C(F)(F)OCCOC(C)(C)C. The number of hydrogen-bond acceptors (Lipinski definition) is 4. The number of carbonyl (C=O) groups excluding carboxylic acids is 1. The first-order valence-corrected chi connectivity index (χ1v) is 5.02. The molecule has 0 aromatic carbocycles. The summed E-state index contributed by atoms with van der Waals surface area (Å²) in [6, 6.07) is 0. The highest BCUT2D eigenvalue weighted by atomic mass is 19.3. The highest BCUT2D eigenvalue weighted by Crippen LogP contribution is 2.17. The van der Waals surface area contributed by atoms with E-state index in [9.17, 15) is 13.6 Å². The lowest BCUT2D eigenvalue weighted by molar-refractivity contribution is -0.254. The van der Waals surface area contributed by atoms with Crippen LogP contribution in [0.2, 0.25) is 0 Å². The van der Waals surface area contributed by atoms with Crippen LogP contribution in [0.1, 0.15) is 27.7 Å². The standard InChI is InChI=1S/C10H18F2O4/c1-5-14-8(13)10(11,12)16-7-6-15-9(2,3)4/h5-7H2,1-4H3. The minimum atomic E-state index is -3.91. The molecule has 0 aliphatic rings. The van der Waals surface area contributed by atoms with Gasteiger partial charge in [0.25, 0.3) is 0 Å². The van der Waals surface area contributed by atoms with Crippen molar-refractivity contribution in [1.82, 2.24) is 0 Å². The molecular formula is C10H18F2O4. The fraction of sp³-hybridized carbons (Fsp3) is 0.900. The molecule has 0 bridgehead atoms. The summed E-state index contributed by atoms with van der Waals surface area (Å²) >= 11 is 0. The van der Waals surface area contributed by atoms with Gasteiger partial charge in [0.2, 0.25) is 0 Å². The Kier molecular flexibility index (Phi) is 5.81.